The highest BCUT2D eigenvalue weighted by molar-refractivity contribution is 5.19. The molecular formula is C10H11O2. The van der Waals surface area contributed by atoms with E-state index in [9.17, 15) is 0 Å². The molecule has 0 spiro atoms. The van der Waals surface area contributed by atoms with Crippen LogP contribution in [0.15, 0.2) is 24.3 Å². The zero-order valence-corrected chi connectivity index (χ0v) is 6.82. The fourth-order valence-corrected chi connectivity index (χ4v) is 1.24. The molecule has 2 heteroatoms. The van der Waals surface area contributed by atoms with Crippen LogP contribution in [0.5, 0.6) is 5.75 Å². The summed E-state index contributed by atoms with van der Waals surface area (Å²) in [5.74, 6) is 0.813. The predicted octanol–water partition coefficient (Wildman–Crippen LogP) is 1.65. The third-order valence-corrected chi connectivity index (χ3v) is 1.86. The molecule has 0 aromatic heterocycles. The third kappa shape index (κ3) is 1.77. The molecule has 1 heterocycles. The van der Waals surface area contributed by atoms with Crippen molar-refractivity contribution >= 4 is 0 Å². The number of ether oxygens (including phenoxy) is 2. The largest absolute Gasteiger partial charge is 0.487 e. The van der Waals surface area contributed by atoms with Gasteiger partial charge in [0.2, 0.25) is 0 Å². The van der Waals surface area contributed by atoms with Crippen LogP contribution in [0.3, 0.4) is 0 Å². The lowest BCUT2D eigenvalue weighted by Gasteiger charge is -2.10. The maximum absolute atomic E-state index is 5.59. The first kappa shape index (κ1) is 7.62. The van der Waals surface area contributed by atoms with Crippen molar-refractivity contribution in [2.24, 2.45) is 0 Å². The minimum Gasteiger partial charge on any atom is -0.487 e. The molecule has 0 N–H and O–H groups in total. The van der Waals surface area contributed by atoms with E-state index in [1.54, 1.807) is 0 Å². The first-order chi connectivity index (χ1) is 5.95. The third-order valence-electron chi connectivity index (χ3n) is 1.86. The van der Waals surface area contributed by atoms with Crippen molar-refractivity contribution in [3.63, 3.8) is 0 Å². The Kier molecular flexibility index (Phi) is 2.28. The lowest BCUT2D eigenvalue weighted by atomic mass is 10.3. The van der Waals surface area contributed by atoms with Crippen LogP contribution in [-0.2, 0) is 4.74 Å². The zero-order chi connectivity index (χ0) is 8.23. The molecule has 1 fully saturated rings. The number of hydrogen-bond acceptors (Lipinski definition) is 2. The predicted molar refractivity (Wildman–Crippen MR) is 45.1 cm³/mol. The van der Waals surface area contributed by atoms with Crippen molar-refractivity contribution in [1.82, 2.24) is 0 Å². The van der Waals surface area contributed by atoms with Crippen LogP contribution in [0.25, 0.3) is 0 Å². The van der Waals surface area contributed by atoms with Gasteiger partial charge >= 0.3 is 0 Å². The van der Waals surface area contributed by atoms with E-state index in [1.807, 2.05) is 24.3 Å². The molecule has 1 saturated heterocycles. The van der Waals surface area contributed by atoms with Gasteiger partial charge in [0.15, 0.2) is 0 Å². The van der Waals surface area contributed by atoms with Crippen molar-refractivity contribution in [2.75, 3.05) is 13.2 Å². The summed E-state index contributed by atoms with van der Waals surface area (Å²) < 4.78 is 10.8. The van der Waals surface area contributed by atoms with Crippen molar-refractivity contribution in [3.8, 4) is 5.75 Å². The van der Waals surface area contributed by atoms with Gasteiger partial charge in [-0.05, 0) is 6.07 Å². The standard InChI is InChI=1S/C10H11O2/c1-2-4-9(5-3-1)12-10-6-7-11-8-10/h1-4,10H,6-8H2/t10-/m0/s1. The van der Waals surface area contributed by atoms with Crippen molar-refractivity contribution in [2.45, 2.75) is 12.5 Å². The van der Waals surface area contributed by atoms with Gasteiger partial charge in [-0.15, -0.1) is 0 Å². The number of para-hydroxylation sites is 1. The molecule has 0 aliphatic carbocycles. The number of benzene rings is 1. The van der Waals surface area contributed by atoms with Crippen LogP contribution < -0.4 is 4.74 Å². The minimum atomic E-state index is 0.226. The normalized spacial score (nSPS) is 22.5. The highest BCUT2D eigenvalue weighted by Gasteiger charge is 2.16. The maximum atomic E-state index is 5.59. The van der Waals surface area contributed by atoms with Gasteiger partial charge in [-0.1, -0.05) is 18.2 Å². The second kappa shape index (κ2) is 3.59. The average molecular weight is 163 g/mol. The van der Waals surface area contributed by atoms with Crippen LogP contribution in [0.4, 0.5) is 0 Å². The molecule has 1 radical (unpaired) electrons. The van der Waals surface area contributed by atoms with E-state index >= 15 is 0 Å². The Bertz CT molecular complexity index is 227. The zero-order valence-electron chi connectivity index (χ0n) is 6.82. The van der Waals surface area contributed by atoms with Gasteiger partial charge in [0.05, 0.1) is 13.2 Å². The molecule has 2 nitrogen and oxygen atoms in total. The second-order valence-corrected chi connectivity index (χ2v) is 2.83. The van der Waals surface area contributed by atoms with E-state index in [4.69, 9.17) is 9.47 Å². The second-order valence-electron chi connectivity index (χ2n) is 2.83. The minimum absolute atomic E-state index is 0.226. The molecular weight excluding hydrogens is 152 g/mol. The summed E-state index contributed by atoms with van der Waals surface area (Å²) in [5.41, 5.74) is 0. The van der Waals surface area contributed by atoms with Crippen LogP contribution >= 0.6 is 0 Å². The first-order valence-electron chi connectivity index (χ1n) is 4.16. The molecule has 1 aromatic carbocycles. The van der Waals surface area contributed by atoms with Gasteiger partial charge in [0.1, 0.15) is 11.9 Å². The lowest BCUT2D eigenvalue weighted by molar-refractivity contribution is 0.141. The van der Waals surface area contributed by atoms with E-state index in [1.165, 1.54) is 0 Å². The molecule has 0 amide bonds. The molecule has 1 aromatic rings. The van der Waals surface area contributed by atoms with E-state index in [0.29, 0.717) is 6.61 Å². The molecule has 0 saturated carbocycles. The summed E-state index contributed by atoms with van der Waals surface area (Å²) in [4.78, 5) is 0. The van der Waals surface area contributed by atoms with E-state index in [0.717, 1.165) is 18.8 Å². The van der Waals surface area contributed by atoms with Crippen molar-refractivity contribution in [3.05, 3.63) is 30.3 Å². The van der Waals surface area contributed by atoms with Gasteiger partial charge in [0, 0.05) is 12.5 Å². The Balaban J connectivity index is 1.94. The molecule has 2 rings (SSSR count). The highest BCUT2D eigenvalue weighted by Crippen LogP contribution is 2.14. The lowest BCUT2D eigenvalue weighted by Crippen LogP contribution is -2.15. The van der Waals surface area contributed by atoms with Gasteiger partial charge in [-0.3, -0.25) is 0 Å². The van der Waals surface area contributed by atoms with Gasteiger partial charge in [0.25, 0.3) is 0 Å². The molecule has 1 aliphatic rings. The van der Waals surface area contributed by atoms with Gasteiger partial charge in [-0.2, -0.15) is 0 Å². The number of rotatable bonds is 2. The van der Waals surface area contributed by atoms with E-state index in [-0.39, 0.29) is 6.10 Å². The van der Waals surface area contributed by atoms with Crippen LogP contribution in [0, 0.1) is 6.07 Å². The molecule has 12 heavy (non-hydrogen) atoms. The van der Waals surface area contributed by atoms with Gasteiger partial charge < -0.3 is 9.47 Å². The van der Waals surface area contributed by atoms with E-state index < -0.39 is 0 Å². The monoisotopic (exact) mass is 163 g/mol. The smallest absolute Gasteiger partial charge is 0.127 e. The van der Waals surface area contributed by atoms with E-state index in [2.05, 4.69) is 6.07 Å². The Morgan fingerprint density at radius 2 is 2.50 bits per heavy atom. The maximum Gasteiger partial charge on any atom is 0.127 e. The van der Waals surface area contributed by atoms with Crippen molar-refractivity contribution < 1.29 is 9.47 Å². The quantitative estimate of drug-likeness (QED) is 0.660. The fourth-order valence-electron chi connectivity index (χ4n) is 1.24. The van der Waals surface area contributed by atoms with Crippen LogP contribution in [0.2, 0.25) is 0 Å². The summed E-state index contributed by atoms with van der Waals surface area (Å²) in [6.07, 6.45) is 1.21. The summed E-state index contributed by atoms with van der Waals surface area (Å²) in [6.45, 7) is 1.53. The highest BCUT2D eigenvalue weighted by atomic mass is 16.5. The summed E-state index contributed by atoms with van der Waals surface area (Å²) in [7, 11) is 0. The summed E-state index contributed by atoms with van der Waals surface area (Å²) in [6, 6.07) is 10.7. The molecule has 1 aliphatic heterocycles. The summed E-state index contributed by atoms with van der Waals surface area (Å²) >= 11 is 0. The van der Waals surface area contributed by atoms with Crippen LogP contribution in [0.1, 0.15) is 6.42 Å². The Hall–Kier alpha value is -1.02. The Labute approximate surface area is 72.1 Å². The average Bonchev–Trinajstić information content (AvgIpc) is 2.59. The molecule has 1 atom stereocenters. The van der Waals surface area contributed by atoms with Crippen molar-refractivity contribution in [1.29, 1.82) is 0 Å². The Morgan fingerprint density at radius 1 is 1.50 bits per heavy atom. The SMILES string of the molecule is [c]1ccccc1O[C@H]1CCOC1. The van der Waals surface area contributed by atoms with Gasteiger partial charge in [-0.25, -0.2) is 0 Å². The Morgan fingerprint density at radius 3 is 3.17 bits per heavy atom. The number of hydrogen-bond donors (Lipinski definition) is 0. The van der Waals surface area contributed by atoms with Crippen LogP contribution in [-0.4, -0.2) is 19.3 Å². The first-order valence-corrected chi connectivity index (χ1v) is 4.16. The molecule has 0 bridgehead atoms. The molecule has 63 valence electrons. The molecule has 0 unspecified atom stereocenters. The summed E-state index contributed by atoms with van der Waals surface area (Å²) in [5, 5.41) is 0. The topological polar surface area (TPSA) is 18.5 Å². The fraction of sp³-hybridized carbons (Fsp3) is 0.400.